The van der Waals surface area contributed by atoms with E-state index in [1.54, 1.807) is 0 Å². The van der Waals surface area contributed by atoms with E-state index in [2.05, 4.69) is 31.1 Å². The molecule has 1 aromatic carbocycles. The third-order valence-electron chi connectivity index (χ3n) is 4.18. The number of hydrogen-bond donors (Lipinski definition) is 0. The zero-order valence-corrected chi connectivity index (χ0v) is 13.5. The van der Waals surface area contributed by atoms with Crippen molar-refractivity contribution >= 4 is 5.97 Å². The van der Waals surface area contributed by atoms with Crippen LogP contribution >= 0.6 is 0 Å². The lowest BCUT2D eigenvalue weighted by Crippen LogP contribution is -2.38. The van der Waals surface area contributed by atoms with Gasteiger partial charge < -0.3 is 9.64 Å². The standard InChI is InChI=1S/C18H27NO2/c1-4-8-17(20)21-18(16-11-12-16,13-14-19(2)3)15-9-6-5-7-10-15/h5-7,9-10,16H,4,8,11-14H2,1-3H3. The summed E-state index contributed by atoms with van der Waals surface area (Å²) in [5.41, 5.74) is 0.719. The van der Waals surface area contributed by atoms with E-state index in [1.165, 1.54) is 0 Å². The first-order valence-corrected chi connectivity index (χ1v) is 8.00. The van der Waals surface area contributed by atoms with Crippen molar-refractivity contribution in [2.24, 2.45) is 5.92 Å². The van der Waals surface area contributed by atoms with Gasteiger partial charge in [-0.15, -0.1) is 0 Å². The first kappa shape index (κ1) is 16.0. The first-order chi connectivity index (χ1) is 10.1. The molecule has 0 spiro atoms. The van der Waals surface area contributed by atoms with Crippen molar-refractivity contribution in [3.63, 3.8) is 0 Å². The van der Waals surface area contributed by atoms with Gasteiger partial charge in [-0.2, -0.15) is 0 Å². The van der Waals surface area contributed by atoms with Gasteiger partial charge in [0.15, 0.2) is 0 Å². The highest BCUT2D eigenvalue weighted by Crippen LogP contribution is 2.50. The van der Waals surface area contributed by atoms with Crippen LogP contribution in [0.2, 0.25) is 0 Å². The van der Waals surface area contributed by atoms with Crippen LogP contribution in [-0.2, 0) is 15.1 Å². The van der Waals surface area contributed by atoms with Crippen molar-refractivity contribution in [1.29, 1.82) is 0 Å². The van der Waals surface area contributed by atoms with Gasteiger partial charge in [-0.25, -0.2) is 0 Å². The van der Waals surface area contributed by atoms with Crippen molar-refractivity contribution in [1.82, 2.24) is 4.90 Å². The Hall–Kier alpha value is -1.35. The van der Waals surface area contributed by atoms with E-state index in [9.17, 15) is 4.79 Å². The number of esters is 1. The predicted molar refractivity (Wildman–Crippen MR) is 85.0 cm³/mol. The minimum absolute atomic E-state index is 0.0630. The molecule has 1 aliphatic rings. The molecular weight excluding hydrogens is 262 g/mol. The molecule has 0 amide bonds. The molecule has 21 heavy (non-hydrogen) atoms. The number of hydrogen-bond acceptors (Lipinski definition) is 3. The second-order valence-electron chi connectivity index (χ2n) is 6.31. The van der Waals surface area contributed by atoms with Crippen LogP contribution in [0.25, 0.3) is 0 Å². The van der Waals surface area contributed by atoms with Gasteiger partial charge in [0, 0.05) is 25.3 Å². The van der Waals surface area contributed by atoms with E-state index in [0.29, 0.717) is 12.3 Å². The Labute approximate surface area is 128 Å². The number of carbonyl (C=O) groups excluding carboxylic acids is 1. The van der Waals surface area contributed by atoms with Crippen LogP contribution in [0.4, 0.5) is 0 Å². The Kier molecular flexibility index (Phi) is 5.40. The van der Waals surface area contributed by atoms with Crippen molar-refractivity contribution in [3.8, 4) is 0 Å². The number of ether oxygens (including phenoxy) is 1. The molecule has 0 aliphatic heterocycles. The molecule has 3 nitrogen and oxygen atoms in total. The van der Waals surface area contributed by atoms with Crippen LogP contribution in [0.15, 0.2) is 30.3 Å². The number of benzene rings is 1. The number of rotatable bonds is 8. The summed E-state index contributed by atoms with van der Waals surface area (Å²) in [6.45, 7) is 2.94. The summed E-state index contributed by atoms with van der Waals surface area (Å²) in [4.78, 5) is 14.3. The molecular formula is C18H27NO2. The molecule has 1 unspecified atom stereocenters. The van der Waals surface area contributed by atoms with Crippen LogP contribution < -0.4 is 0 Å². The van der Waals surface area contributed by atoms with E-state index < -0.39 is 5.60 Å². The fourth-order valence-electron chi connectivity index (χ4n) is 2.90. The molecule has 0 heterocycles. The monoisotopic (exact) mass is 289 g/mol. The maximum absolute atomic E-state index is 12.2. The second-order valence-corrected chi connectivity index (χ2v) is 6.31. The molecule has 1 aliphatic carbocycles. The SMILES string of the molecule is CCCC(=O)OC(CCN(C)C)(c1ccccc1)C1CC1. The smallest absolute Gasteiger partial charge is 0.306 e. The van der Waals surface area contributed by atoms with Gasteiger partial charge >= 0.3 is 5.97 Å². The van der Waals surface area contributed by atoms with Gasteiger partial charge in [-0.1, -0.05) is 37.3 Å². The molecule has 2 rings (SSSR count). The number of nitrogens with zero attached hydrogens (tertiary/aromatic N) is 1. The topological polar surface area (TPSA) is 29.5 Å². The van der Waals surface area contributed by atoms with Gasteiger partial charge in [0.25, 0.3) is 0 Å². The second kappa shape index (κ2) is 7.08. The molecule has 1 fully saturated rings. The minimum atomic E-state index is -0.433. The Morgan fingerprint density at radius 3 is 2.48 bits per heavy atom. The van der Waals surface area contributed by atoms with Gasteiger partial charge in [-0.05, 0) is 38.9 Å². The summed E-state index contributed by atoms with van der Waals surface area (Å²) in [6.07, 6.45) is 4.51. The summed E-state index contributed by atoms with van der Waals surface area (Å²) in [6, 6.07) is 10.3. The Morgan fingerprint density at radius 1 is 1.29 bits per heavy atom. The van der Waals surface area contributed by atoms with Gasteiger partial charge in [0.2, 0.25) is 0 Å². The van der Waals surface area contributed by atoms with E-state index in [4.69, 9.17) is 4.74 Å². The van der Waals surface area contributed by atoms with Crippen molar-refractivity contribution in [2.75, 3.05) is 20.6 Å². The summed E-state index contributed by atoms with van der Waals surface area (Å²) in [7, 11) is 4.13. The van der Waals surface area contributed by atoms with Crippen molar-refractivity contribution < 1.29 is 9.53 Å². The highest BCUT2D eigenvalue weighted by molar-refractivity contribution is 5.70. The zero-order chi connectivity index (χ0) is 15.3. The van der Waals surface area contributed by atoms with E-state index in [1.807, 2.05) is 25.1 Å². The van der Waals surface area contributed by atoms with Crippen LogP contribution in [-0.4, -0.2) is 31.5 Å². The van der Waals surface area contributed by atoms with E-state index in [0.717, 1.165) is 37.8 Å². The average Bonchev–Trinajstić information content (AvgIpc) is 3.29. The Morgan fingerprint density at radius 2 is 1.95 bits per heavy atom. The van der Waals surface area contributed by atoms with Crippen LogP contribution in [0.1, 0.15) is 44.6 Å². The van der Waals surface area contributed by atoms with Crippen LogP contribution in [0, 0.1) is 5.92 Å². The number of carbonyl (C=O) groups is 1. The maximum Gasteiger partial charge on any atom is 0.306 e. The van der Waals surface area contributed by atoms with Crippen LogP contribution in [0.3, 0.4) is 0 Å². The quantitative estimate of drug-likeness (QED) is 0.685. The minimum Gasteiger partial charge on any atom is -0.454 e. The lowest BCUT2D eigenvalue weighted by Gasteiger charge is -2.35. The summed E-state index contributed by atoms with van der Waals surface area (Å²) in [5.74, 6) is 0.410. The van der Waals surface area contributed by atoms with Crippen LogP contribution in [0.5, 0.6) is 0 Å². The Balaban J connectivity index is 2.27. The molecule has 3 heteroatoms. The van der Waals surface area contributed by atoms with Crippen molar-refractivity contribution in [2.45, 2.75) is 44.6 Å². The van der Waals surface area contributed by atoms with Crippen molar-refractivity contribution in [3.05, 3.63) is 35.9 Å². The third-order valence-corrected chi connectivity index (χ3v) is 4.18. The summed E-state index contributed by atoms with van der Waals surface area (Å²) < 4.78 is 6.07. The molecule has 0 N–H and O–H groups in total. The molecule has 1 aromatic rings. The molecule has 0 radical (unpaired) electrons. The summed E-state index contributed by atoms with van der Waals surface area (Å²) in [5, 5.41) is 0. The fourth-order valence-corrected chi connectivity index (χ4v) is 2.90. The van der Waals surface area contributed by atoms with Gasteiger partial charge in [0.05, 0.1) is 0 Å². The fraction of sp³-hybridized carbons (Fsp3) is 0.611. The molecule has 0 bridgehead atoms. The summed E-state index contributed by atoms with van der Waals surface area (Å²) >= 11 is 0. The van der Waals surface area contributed by atoms with Gasteiger partial charge in [0.1, 0.15) is 5.60 Å². The third kappa shape index (κ3) is 4.07. The maximum atomic E-state index is 12.2. The lowest BCUT2D eigenvalue weighted by molar-refractivity contribution is -0.165. The highest BCUT2D eigenvalue weighted by Gasteiger charge is 2.49. The average molecular weight is 289 g/mol. The largest absolute Gasteiger partial charge is 0.454 e. The molecule has 1 saturated carbocycles. The highest BCUT2D eigenvalue weighted by atomic mass is 16.6. The normalized spacial score (nSPS) is 17.5. The molecule has 0 aromatic heterocycles. The van der Waals surface area contributed by atoms with E-state index in [-0.39, 0.29) is 5.97 Å². The predicted octanol–water partition coefficient (Wildman–Crippen LogP) is 3.59. The van der Waals surface area contributed by atoms with Gasteiger partial charge in [-0.3, -0.25) is 4.79 Å². The van der Waals surface area contributed by atoms with E-state index >= 15 is 0 Å². The first-order valence-electron chi connectivity index (χ1n) is 8.00. The molecule has 116 valence electrons. The molecule has 0 saturated heterocycles. The zero-order valence-electron chi connectivity index (χ0n) is 13.5. The molecule has 1 atom stereocenters. The lowest BCUT2D eigenvalue weighted by atomic mass is 9.85. The Bertz CT molecular complexity index is 454.